The number of esters is 1. The molecular formula is C10H17FO2. The Morgan fingerprint density at radius 2 is 2.31 bits per heavy atom. The van der Waals surface area contributed by atoms with E-state index in [9.17, 15) is 9.18 Å². The molecule has 0 aromatic rings. The van der Waals surface area contributed by atoms with Crippen LogP contribution in [0.3, 0.4) is 0 Å². The lowest BCUT2D eigenvalue weighted by molar-refractivity contribution is -0.151. The highest BCUT2D eigenvalue weighted by atomic mass is 19.1. The van der Waals surface area contributed by atoms with Crippen LogP contribution in [0, 0.1) is 5.41 Å². The number of halogens is 1. The van der Waals surface area contributed by atoms with E-state index in [-0.39, 0.29) is 5.97 Å². The van der Waals surface area contributed by atoms with E-state index in [1.54, 1.807) is 13.8 Å². The second-order valence-corrected chi connectivity index (χ2v) is 3.13. The van der Waals surface area contributed by atoms with Crippen molar-refractivity contribution in [2.45, 2.75) is 26.7 Å². The Bertz CT molecular complexity index is 180. The van der Waals surface area contributed by atoms with Gasteiger partial charge in [0.15, 0.2) is 0 Å². The molecule has 0 aliphatic rings. The van der Waals surface area contributed by atoms with Crippen LogP contribution in [0.2, 0.25) is 0 Å². The molecule has 76 valence electrons. The molecule has 0 fully saturated rings. The molecule has 2 nitrogen and oxygen atoms in total. The fraction of sp³-hybridized carbons (Fsp3) is 0.700. The fourth-order valence-electron chi connectivity index (χ4n) is 1.02. The fourth-order valence-corrected chi connectivity index (χ4v) is 1.02. The van der Waals surface area contributed by atoms with Crippen molar-refractivity contribution in [1.82, 2.24) is 0 Å². The molecule has 0 aliphatic heterocycles. The number of rotatable bonds is 6. The lowest BCUT2D eigenvalue weighted by atomic mass is 9.86. The van der Waals surface area contributed by atoms with Gasteiger partial charge in [-0.15, -0.1) is 6.58 Å². The highest BCUT2D eigenvalue weighted by Gasteiger charge is 2.30. The molecular weight excluding hydrogens is 171 g/mol. The molecule has 0 aromatic carbocycles. The lowest BCUT2D eigenvalue weighted by Crippen LogP contribution is -2.27. The minimum atomic E-state index is -0.734. The van der Waals surface area contributed by atoms with Crippen LogP contribution in [0.5, 0.6) is 0 Å². The van der Waals surface area contributed by atoms with Crippen molar-refractivity contribution in [3.05, 3.63) is 12.7 Å². The molecule has 1 unspecified atom stereocenters. The first kappa shape index (κ1) is 12.1. The average molecular weight is 188 g/mol. The van der Waals surface area contributed by atoms with Gasteiger partial charge in [-0.3, -0.25) is 9.18 Å². The molecule has 0 heterocycles. The zero-order chi connectivity index (χ0) is 10.3. The molecule has 0 rings (SSSR count). The molecule has 0 radical (unpaired) electrons. The maximum Gasteiger partial charge on any atom is 0.315 e. The van der Waals surface area contributed by atoms with Crippen LogP contribution in [0.25, 0.3) is 0 Å². The highest BCUT2D eigenvalue weighted by molar-refractivity contribution is 5.78. The summed E-state index contributed by atoms with van der Waals surface area (Å²) in [6.45, 7) is 6.96. The molecule has 0 spiro atoms. The van der Waals surface area contributed by atoms with Gasteiger partial charge in [0.25, 0.3) is 0 Å². The van der Waals surface area contributed by atoms with E-state index in [1.165, 1.54) is 6.08 Å². The van der Waals surface area contributed by atoms with Crippen LogP contribution in [-0.4, -0.2) is 19.3 Å². The van der Waals surface area contributed by atoms with E-state index in [4.69, 9.17) is 4.74 Å². The number of carbonyl (C=O) groups is 1. The van der Waals surface area contributed by atoms with Gasteiger partial charge >= 0.3 is 5.97 Å². The minimum Gasteiger partial charge on any atom is -0.465 e. The Hall–Kier alpha value is -0.860. The van der Waals surface area contributed by atoms with E-state index in [2.05, 4.69) is 6.58 Å². The molecule has 0 aromatic heterocycles. The second-order valence-electron chi connectivity index (χ2n) is 3.13. The Kier molecular flexibility index (Phi) is 5.35. The number of hydrogen-bond donors (Lipinski definition) is 0. The Morgan fingerprint density at radius 3 is 2.69 bits per heavy atom. The molecule has 1 atom stereocenters. The first-order valence-electron chi connectivity index (χ1n) is 4.47. The van der Waals surface area contributed by atoms with E-state index < -0.39 is 12.1 Å². The molecule has 0 saturated carbocycles. The summed E-state index contributed by atoms with van der Waals surface area (Å²) in [5, 5.41) is 0. The van der Waals surface area contributed by atoms with Gasteiger partial charge in [-0.25, -0.2) is 0 Å². The maximum atomic E-state index is 11.9. The van der Waals surface area contributed by atoms with Crippen molar-refractivity contribution in [3.63, 3.8) is 0 Å². The van der Waals surface area contributed by atoms with Gasteiger partial charge in [-0.1, -0.05) is 6.08 Å². The number of ether oxygens (including phenoxy) is 1. The van der Waals surface area contributed by atoms with Gasteiger partial charge in [0.2, 0.25) is 0 Å². The third-order valence-electron chi connectivity index (χ3n) is 2.02. The topological polar surface area (TPSA) is 26.3 Å². The molecule has 0 saturated heterocycles. The lowest BCUT2D eigenvalue weighted by Gasteiger charge is -2.22. The van der Waals surface area contributed by atoms with Crippen LogP contribution < -0.4 is 0 Å². The number of carbonyl (C=O) groups excluding carboxylic acids is 1. The maximum absolute atomic E-state index is 11.9. The van der Waals surface area contributed by atoms with Crippen LogP contribution in [-0.2, 0) is 9.53 Å². The quantitative estimate of drug-likeness (QED) is 0.473. The average Bonchev–Trinajstić information content (AvgIpc) is 2.14. The van der Waals surface area contributed by atoms with Crippen molar-refractivity contribution in [3.8, 4) is 0 Å². The second kappa shape index (κ2) is 5.73. The van der Waals surface area contributed by atoms with Gasteiger partial charge in [0.05, 0.1) is 18.7 Å². The smallest absolute Gasteiger partial charge is 0.315 e. The summed E-state index contributed by atoms with van der Waals surface area (Å²) in [6, 6.07) is 0. The molecule has 13 heavy (non-hydrogen) atoms. The number of alkyl halides is 1. The Balaban J connectivity index is 4.24. The summed E-state index contributed by atoms with van der Waals surface area (Å²) >= 11 is 0. The monoisotopic (exact) mass is 188 g/mol. The normalized spacial score (nSPS) is 14.7. The van der Waals surface area contributed by atoms with Crippen molar-refractivity contribution in [2.24, 2.45) is 5.41 Å². The summed E-state index contributed by atoms with van der Waals surface area (Å²) < 4.78 is 16.8. The van der Waals surface area contributed by atoms with Gasteiger partial charge in [0.1, 0.15) is 0 Å². The van der Waals surface area contributed by atoms with Crippen molar-refractivity contribution in [2.75, 3.05) is 13.3 Å². The predicted molar refractivity (Wildman–Crippen MR) is 50.1 cm³/mol. The zero-order valence-corrected chi connectivity index (χ0v) is 8.31. The van der Waals surface area contributed by atoms with E-state index in [0.717, 1.165) is 0 Å². The van der Waals surface area contributed by atoms with Crippen LogP contribution in [0.15, 0.2) is 12.7 Å². The summed E-state index contributed by atoms with van der Waals surface area (Å²) in [5.74, 6) is -0.321. The van der Waals surface area contributed by atoms with Crippen molar-refractivity contribution < 1.29 is 13.9 Å². The van der Waals surface area contributed by atoms with Crippen molar-refractivity contribution in [1.29, 1.82) is 0 Å². The summed E-state index contributed by atoms with van der Waals surface area (Å²) in [7, 11) is 0. The zero-order valence-electron chi connectivity index (χ0n) is 8.31. The van der Waals surface area contributed by atoms with Gasteiger partial charge in [-0.05, 0) is 26.7 Å². The van der Waals surface area contributed by atoms with Crippen LogP contribution >= 0.6 is 0 Å². The predicted octanol–water partition coefficient (Wildman–Crippen LogP) is 2.49. The molecule has 0 amide bonds. The van der Waals surface area contributed by atoms with E-state index >= 15 is 0 Å². The molecule has 0 N–H and O–H groups in total. The first-order valence-corrected chi connectivity index (χ1v) is 4.47. The van der Waals surface area contributed by atoms with Gasteiger partial charge in [0, 0.05) is 0 Å². The highest BCUT2D eigenvalue weighted by Crippen LogP contribution is 2.26. The van der Waals surface area contributed by atoms with Crippen molar-refractivity contribution >= 4 is 5.97 Å². The molecule has 0 aliphatic carbocycles. The summed E-state index contributed by atoms with van der Waals surface area (Å²) in [6.07, 6.45) is 2.34. The summed E-state index contributed by atoms with van der Waals surface area (Å²) in [4.78, 5) is 11.4. The number of hydrogen-bond acceptors (Lipinski definition) is 2. The van der Waals surface area contributed by atoms with E-state index in [0.29, 0.717) is 19.4 Å². The Morgan fingerprint density at radius 1 is 1.69 bits per heavy atom. The van der Waals surface area contributed by atoms with Crippen LogP contribution in [0.4, 0.5) is 4.39 Å². The minimum absolute atomic E-state index is 0.321. The molecule has 3 heteroatoms. The largest absolute Gasteiger partial charge is 0.465 e. The summed E-state index contributed by atoms with van der Waals surface area (Å²) in [5.41, 5.74) is -0.734. The first-order chi connectivity index (χ1) is 6.10. The van der Waals surface area contributed by atoms with Crippen LogP contribution in [0.1, 0.15) is 26.7 Å². The SMILES string of the molecule is C=CC(C)(CCCF)C(=O)OCC. The third kappa shape index (κ3) is 3.57. The van der Waals surface area contributed by atoms with Gasteiger partial charge in [-0.2, -0.15) is 0 Å². The van der Waals surface area contributed by atoms with E-state index in [1.807, 2.05) is 0 Å². The molecule has 0 bridgehead atoms. The van der Waals surface area contributed by atoms with Gasteiger partial charge < -0.3 is 4.74 Å². The third-order valence-corrected chi connectivity index (χ3v) is 2.02. The Labute approximate surface area is 78.8 Å². The standard InChI is InChI=1S/C10H17FO2/c1-4-10(3,7-6-8-11)9(12)13-5-2/h4H,1,5-8H2,2-3H3.